The Morgan fingerprint density at radius 1 is 0.971 bits per heavy atom. The minimum Gasteiger partial charge on any atom is -0.484 e. The zero-order valence-corrected chi connectivity index (χ0v) is 19.2. The van der Waals surface area contributed by atoms with E-state index >= 15 is 0 Å². The van der Waals surface area contributed by atoms with Gasteiger partial charge in [0.25, 0.3) is 5.89 Å². The Labute approximate surface area is 200 Å². The molecule has 0 saturated heterocycles. The van der Waals surface area contributed by atoms with Gasteiger partial charge in [0.1, 0.15) is 5.75 Å². The fraction of sp³-hybridized carbons (Fsp3) is 0.0870. The molecule has 0 radical (unpaired) electrons. The molecule has 0 aliphatic rings. The minimum atomic E-state index is -3.85. The van der Waals surface area contributed by atoms with Crippen LogP contribution in [-0.2, 0) is 21.4 Å². The Morgan fingerprint density at radius 3 is 2.50 bits per heavy atom. The lowest BCUT2D eigenvalue weighted by Crippen LogP contribution is -2.32. The predicted molar refractivity (Wildman–Crippen MR) is 126 cm³/mol. The fourth-order valence-corrected chi connectivity index (χ4v) is 3.99. The van der Waals surface area contributed by atoms with Crippen LogP contribution in [0, 0.1) is 0 Å². The van der Waals surface area contributed by atoms with E-state index in [1.807, 2.05) is 30.3 Å². The first-order valence-corrected chi connectivity index (χ1v) is 11.9. The molecule has 0 atom stereocenters. The number of halogens is 1. The fourth-order valence-electron chi connectivity index (χ4n) is 2.88. The standard InChI is InChI=1S/C23H19ClN4O5S/c24-17-9-11-20(12-10-17)34(30,31)25-14-21(29)26-18-7-4-8-19(13-18)32-15-22-27-28-23(33-22)16-5-2-1-3-6-16/h1-13,25H,14-15H2,(H,26,29). The van der Waals surface area contributed by atoms with Gasteiger partial charge in [0, 0.05) is 22.3 Å². The third-order valence-corrected chi connectivity index (χ3v) is 6.18. The van der Waals surface area contributed by atoms with Crippen molar-refractivity contribution in [3.05, 3.63) is 89.8 Å². The molecule has 0 bridgehead atoms. The van der Waals surface area contributed by atoms with Crippen molar-refractivity contribution in [3.63, 3.8) is 0 Å². The molecule has 34 heavy (non-hydrogen) atoms. The third kappa shape index (κ3) is 6.19. The molecule has 0 aliphatic heterocycles. The molecule has 0 spiro atoms. The maximum absolute atomic E-state index is 12.3. The number of sulfonamides is 1. The molecule has 1 heterocycles. The molecule has 4 rings (SSSR count). The molecule has 11 heteroatoms. The number of aromatic nitrogens is 2. The van der Waals surface area contributed by atoms with E-state index in [1.165, 1.54) is 24.3 Å². The summed E-state index contributed by atoms with van der Waals surface area (Å²) in [5, 5.41) is 11.0. The SMILES string of the molecule is O=C(CNS(=O)(=O)c1ccc(Cl)cc1)Nc1cccc(OCc2nnc(-c3ccccc3)o2)c1. The summed E-state index contributed by atoms with van der Waals surface area (Å²) >= 11 is 5.77. The summed E-state index contributed by atoms with van der Waals surface area (Å²) in [6.45, 7) is -0.404. The zero-order chi connectivity index (χ0) is 24.0. The lowest BCUT2D eigenvalue weighted by Gasteiger charge is -2.09. The number of ether oxygens (including phenoxy) is 1. The number of benzene rings is 3. The van der Waals surface area contributed by atoms with Crippen molar-refractivity contribution in [2.75, 3.05) is 11.9 Å². The summed E-state index contributed by atoms with van der Waals surface area (Å²) in [5.41, 5.74) is 1.24. The first-order valence-electron chi connectivity index (χ1n) is 10.0. The molecular weight excluding hydrogens is 480 g/mol. The molecule has 1 amide bonds. The number of hydrogen-bond acceptors (Lipinski definition) is 7. The molecule has 9 nitrogen and oxygen atoms in total. The van der Waals surface area contributed by atoms with Gasteiger partial charge >= 0.3 is 0 Å². The van der Waals surface area contributed by atoms with E-state index in [-0.39, 0.29) is 11.5 Å². The highest BCUT2D eigenvalue weighted by molar-refractivity contribution is 7.89. The highest BCUT2D eigenvalue weighted by Crippen LogP contribution is 2.21. The van der Waals surface area contributed by atoms with Crippen molar-refractivity contribution in [1.29, 1.82) is 0 Å². The number of hydrogen-bond donors (Lipinski definition) is 2. The van der Waals surface area contributed by atoms with Gasteiger partial charge in [0.2, 0.25) is 21.8 Å². The monoisotopic (exact) mass is 498 g/mol. The van der Waals surface area contributed by atoms with Crippen molar-refractivity contribution >= 4 is 33.2 Å². The second kappa shape index (κ2) is 10.5. The van der Waals surface area contributed by atoms with E-state index in [4.69, 9.17) is 20.8 Å². The second-order valence-electron chi connectivity index (χ2n) is 7.01. The predicted octanol–water partition coefficient (Wildman–Crippen LogP) is 3.89. The summed E-state index contributed by atoms with van der Waals surface area (Å²) in [6, 6.07) is 21.6. The summed E-state index contributed by atoms with van der Waals surface area (Å²) in [7, 11) is -3.85. The Hall–Kier alpha value is -3.73. The van der Waals surface area contributed by atoms with Crippen LogP contribution in [0.25, 0.3) is 11.5 Å². The first-order chi connectivity index (χ1) is 16.4. The van der Waals surface area contributed by atoms with Crippen LogP contribution in [0.4, 0.5) is 5.69 Å². The number of nitrogens with zero attached hydrogens (tertiary/aromatic N) is 2. The van der Waals surface area contributed by atoms with Gasteiger partial charge in [-0.2, -0.15) is 0 Å². The molecule has 174 valence electrons. The minimum absolute atomic E-state index is 0.0107. The van der Waals surface area contributed by atoms with Crippen LogP contribution in [0.2, 0.25) is 5.02 Å². The van der Waals surface area contributed by atoms with Gasteiger partial charge in [-0.25, -0.2) is 13.1 Å². The van der Waals surface area contributed by atoms with Crippen LogP contribution < -0.4 is 14.8 Å². The Morgan fingerprint density at radius 2 is 1.74 bits per heavy atom. The number of carbonyl (C=O) groups excluding carboxylic acids is 1. The highest BCUT2D eigenvalue weighted by atomic mass is 35.5. The number of amides is 1. The maximum Gasteiger partial charge on any atom is 0.254 e. The van der Waals surface area contributed by atoms with E-state index in [9.17, 15) is 13.2 Å². The highest BCUT2D eigenvalue weighted by Gasteiger charge is 2.15. The van der Waals surface area contributed by atoms with Crippen LogP contribution in [0.3, 0.4) is 0 Å². The Kier molecular flexibility index (Phi) is 7.21. The molecule has 0 unspecified atom stereocenters. The number of rotatable bonds is 9. The lowest BCUT2D eigenvalue weighted by molar-refractivity contribution is -0.115. The maximum atomic E-state index is 12.3. The Bertz CT molecular complexity index is 1380. The quantitative estimate of drug-likeness (QED) is 0.359. The summed E-state index contributed by atoms with van der Waals surface area (Å²) in [6.07, 6.45) is 0. The molecule has 2 N–H and O–H groups in total. The van der Waals surface area contributed by atoms with E-state index in [0.29, 0.717) is 28.2 Å². The molecule has 3 aromatic carbocycles. The van der Waals surface area contributed by atoms with Crippen molar-refractivity contribution in [2.45, 2.75) is 11.5 Å². The van der Waals surface area contributed by atoms with Crippen LogP contribution >= 0.6 is 11.6 Å². The van der Waals surface area contributed by atoms with Crippen molar-refractivity contribution in [1.82, 2.24) is 14.9 Å². The largest absolute Gasteiger partial charge is 0.484 e. The topological polar surface area (TPSA) is 123 Å². The van der Waals surface area contributed by atoms with E-state index in [1.54, 1.807) is 24.3 Å². The lowest BCUT2D eigenvalue weighted by atomic mass is 10.2. The smallest absolute Gasteiger partial charge is 0.254 e. The summed E-state index contributed by atoms with van der Waals surface area (Å²) < 4.78 is 38.1. The molecule has 0 fully saturated rings. The molecule has 0 aliphatic carbocycles. The zero-order valence-electron chi connectivity index (χ0n) is 17.6. The van der Waals surface area contributed by atoms with Gasteiger partial charge in [-0.3, -0.25) is 4.79 Å². The van der Waals surface area contributed by atoms with Crippen molar-refractivity contribution in [2.24, 2.45) is 0 Å². The molecular formula is C23H19ClN4O5S. The van der Waals surface area contributed by atoms with Crippen LogP contribution in [0.5, 0.6) is 5.75 Å². The first kappa shape index (κ1) is 23.4. The van der Waals surface area contributed by atoms with Gasteiger partial charge in [0.15, 0.2) is 6.61 Å². The average molecular weight is 499 g/mol. The van der Waals surface area contributed by atoms with Gasteiger partial charge in [-0.05, 0) is 48.5 Å². The summed E-state index contributed by atoms with van der Waals surface area (Å²) in [5.74, 6) is 0.601. The summed E-state index contributed by atoms with van der Waals surface area (Å²) in [4.78, 5) is 12.3. The van der Waals surface area contributed by atoms with Crippen molar-refractivity contribution in [3.8, 4) is 17.2 Å². The van der Waals surface area contributed by atoms with Gasteiger partial charge < -0.3 is 14.5 Å². The number of carbonyl (C=O) groups is 1. The van der Waals surface area contributed by atoms with Gasteiger partial charge in [0.05, 0.1) is 11.4 Å². The second-order valence-corrected chi connectivity index (χ2v) is 9.21. The van der Waals surface area contributed by atoms with Crippen LogP contribution in [0.15, 0.2) is 88.2 Å². The van der Waals surface area contributed by atoms with Crippen LogP contribution in [0.1, 0.15) is 5.89 Å². The normalized spacial score (nSPS) is 11.2. The van der Waals surface area contributed by atoms with Crippen LogP contribution in [-0.4, -0.2) is 31.1 Å². The van der Waals surface area contributed by atoms with E-state index < -0.39 is 22.5 Å². The molecule has 4 aromatic rings. The van der Waals surface area contributed by atoms with Gasteiger partial charge in [-0.15, -0.1) is 10.2 Å². The number of nitrogens with one attached hydrogen (secondary N) is 2. The van der Waals surface area contributed by atoms with E-state index in [2.05, 4.69) is 20.2 Å². The third-order valence-electron chi connectivity index (χ3n) is 4.51. The Balaban J connectivity index is 1.30. The molecule has 1 aromatic heterocycles. The van der Waals surface area contributed by atoms with Crippen molar-refractivity contribution < 1.29 is 22.4 Å². The average Bonchev–Trinajstić information content (AvgIpc) is 3.32. The van der Waals surface area contributed by atoms with Gasteiger partial charge in [-0.1, -0.05) is 35.9 Å². The molecule has 0 saturated carbocycles. The number of anilines is 1. The van der Waals surface area contributed by atoms with E-state index in [0.717, 1.165) is 5.56 Å².